The van der Waals surface area contributed by atoms with Gasteiger partial charge in [-0.3, -0.25) is 0 Å². The van der Waals surface area contributed by atoms with Crippen molar-refractivity contribution in [3.63, 3.8) is 0 Å². The quantitative estimate of drug-likeness (QED) is 0.614. The van der Waals surface area contributed by atoms with E-state index < -0.39 is 0 Å². The fraction of sp³-hybridized carbons (Fsp3) is 0.750. The molecule has 0 radical (unpaired) electrons. The van der Waals surface area contributed by atoms with Gasteiger partial charge in [-0.1, -0.05) is 20.8 Å². The van der Waals surface area contributed by atoms with E-state index in [0.29, 0.717) is 5.41 Å². The molecule has 0 aliphatic rings. The van der Waals surface area contributed by atoms with Gasteiger partial charge in [0, 0.05) is 6.54 Å². The lowest BCUT2D eigenvalue weighted by molar-refractivity contribution is 0.339. The smallest absolute Gasteiger partial charge is 0.129 e. The van der Waals surface area contributed by atoms with Crippen LogP contribution in [0.5, 0.6) is 0 Å². The number of hydrogen-bond donors (Lipinski definition) is 0. The van der Waals surface area contributed by atoms with Crippen LogP contribution >= 0.6 is 0 Å². The van der Waals surface area contributed by atoms with Crippen LogP contribution in [0.4, 0.5) is 0 Å². The second kappa shape index (κ2) is 2.64. The van der Waals surface area contributed by atoms with Gasteiger partial charge in [0.1, 0.15) is 12.2 Å². The van der Waals surface area contributed by atoms with Gasteiger partial charge in [-0.15, -0.1) is 10.2 Å². The Morgan fingerprint density at radius 2 is 2.09 bits per heavy atom. The SMILES string of the molecule is Cc1nncn1CC(C)(C)C. The molecular weight excluding hydrogens is 138 g/mol. The fourth-order valence-corrected chi connectivity index (χ4v) is 0.979. The first-order valence-corrected chi connectivity index (χ1v) is 3.83. The summed E-state index contributed by atoms with van der Waals surface area (Å²) in [4.78, 5) is 0. The Bertz CT molecular complexity index is 232. The summed E-state index contributed by atoms with van der Waals surface area (Å²) >= 11 is 0. The molecule has 3 nitrogen and oxygen atoms in total. The maximum absolute atomic E-state index is 3.91. The lowest BCUT2D eigenvalue weighted by Crippen LogP contribution is -2.15. The standard InChI is InChI=1S/C8H15N3/c1-7-10-9-6-11(7)5-8(2,3)4/h6H,5H2,1-4H3. The van der Waals surface area contributed by atoms with Crippen LogP contribution < -0.4 is 0 Å². The van der Waals surface area contributed by atoms with Crippen molar-refractivity contribution in [3.05, 3.63) is 12.2 Å². The minimum atomic E-state index is 0.299. The first kappa shape index (κ1) is 8.24. The van der Waals surface area contributed by atoms with E-state index >= 15 is 0 Å². The Morgan fingerprint density at radius 1 is 1.45 bits per heavy atom. The molecule has 0 bridgehead atoms. The van der Waals surface area contributed by atoms with Crippen LogP contribution in [0.15, 0.2) is 6.33 Å². The Labute approximate surface area is 67.4 Å². The summed E-state index contributed by atoms with van der Waals surface area (Å²) in [7, 11) is 0. The monoisotopic (exact) mass is 153 g/mol. The average molecular weight is 153 g/mol. The van der Waals surface area contributed by atoms with Gasteiger partial charge in [0.2, 0.25) is 0 Å². The number of hydrogen-bond acceptors (Lipinski definition) is 2. The summed E-state index contributed by atoms with van der Waals surface area (Å²) in [5, 5.41) is 7.73. The van der Waals surface area contributed by atoms with Gasteiger partial charge < -0.3 is 4.57 Å². The van der Waals surface area contributed by atoms with Gasteiger partial charge in [0.25, 0.3) is 0 Å². The molecule has 62 valence electrons. The topological polar surface area (TPSA) is 30.7 Å². The van der Waals surface area contributed by atoms with Gasteiger partial charge >= 0.3 is 0 Å². The maximum Gasteiger partial charge on any atom is 0.129 e. The zero-order valence-electron chi connectivity index (χ0n) is 7.63. The predicted octanol–water partition coefficient (Wildman–Crippen LogP) is 1.63. The molecule has 0 unspecified atom stereocenters. The van der Waals surface area contributed by atoms with Crippen LogP contribution in [0, 0.1) is 12.3 Å². The predicted molar refractivity (Wildman–Crippen MR) is 44.2 cm³/mol. The summed E-state index contributed by atoms with van der Waals surface area (Å²) in [6.07, 6.45) is 1.78. The molecule has 0 aliphatic heterocycles. The van der Waals surface area contributed by atoms with Gasteiger partial charge in [-0.2, -0.15) is 0 Å². The molecule has 0 atom stereocenters. The van der Waals surface area contributed by atoms with Crippen LogP contribution in [-0.4, -0.2) is 14.8 Å². The van der Waals surface area contributed by atoms with Crippen molar-refractivity contribution >= 4 is 0 Å². The maximum atomic E-state index is 3.91. The highest BCUT2D eigenvalue weighted by Crippen LogP contribution is 2.16. The molecule has 11 heavy (non-hydrogen) atoms. The van der Waals surface area contributed by atoms with E-state index in [-0.39, 0.29) is 0 Å². The molecule has 0 amide bonds. The average Bonchev–Trinajstić information content (AvgIpc) is 2.12. The highest BCUT2D eigenvalue weighted by atomic mass is 15.3. The van der Waals surface area contributed by atoms with Crippen LogP contribution in [0.2, 0.25) is 0 Å². The molecule has 3 heteroatoms. The molecule has 0 fully saturated rings. The third kappa shape index (κ3) is 2.33. The number of aryl methyl sites for hydroxylation is 1. The highest BCUT2D eigenvalue weighted by Gasteiger charge is 2.11. The fourth-order valence-electron chi connectivity index (χ4n) is 0.979. The Kier molecular flexibility index (Phi) is 1.98. The van der Waals surface area contributed by atoms with Crippen molar-refractivity contribution in [1.29, 1.82) is 0 Å². The molecule has 1 aromatic rings. The van der Waals surface area contributed by atoms with E-state index in [1.165, 1.54) is 0 Å². The summed E-state index contributed by atoms with van der Waals surface area (Å²) < 4.78 is 2.07. The van der Waals surface area contributed by atoms with Crippen molar-refractivity contribution in [1.82, 2.24) is 14.8 Å². The second-order valence-corrected chi connectivity index (χ2v) is 4.07. The molecule has 1 aromatic heterocycles. The van der Waals surface area contributed by atoms with Crippen LogP contribution in [0.1, 0.15) is 26.6 Å². The van der Waals surface area contributed by atoms with Gasteiger partial charge in [-0.05, 0) is 12.3 Å². The van der Waals surface area contributed by atoms with Crippen molar-refractivity contribution in [2.75, 3.05) is 0 Å². The molecule has 0 aromatic carbocycles. The molecule has 1 rings (SSSR count). The van der Waals surface area contributed by atoms with E-state index in [1.54, 1.807) is 6.33 Å². The number of nitrogens with zero attached hydrogens (tertiary/aromatic N) is 3. The lowest BCUT2D eigenvalue weighted by Gasteiger charge is -2.18. The Hall–Kier alpha value is -0.860. The summed E-state index contributed by atoms with van der Waals surface area (Å²) in [5.41, 5.74) is 0.299. The molecule has 0 N–H and O–H groups in total. The molecule has 1 heterocycles. The largest absolute Gasteiger partial charge is 0.317 e. The van der Waals surface area contributed by atoms with E-state index in [2.05, 4.69) is 35.5 Å². The third-order valence-corrected chi connectivity index (χ3v) is 1.45. The normalized spacial score (nSPS) is 12.0. The van der Waals surface area contributed by atoms with Gasteiger partial charge in [-0.25, -0.2) is 0 Å². The summed E-state index contributed by atoms with van der Waals surface area (Å²) in [6, 6.07) is 0. The minimum absolute atomic E-state index is 0.299. The summed E-state index contributed by atoms with van der Waals surface area (Å²) in [6.45, 7) is 9.55. The summed E-state index contributed by atoms with van der Waals surface area (Å²) in [5.74, 6) is 0.986. The zero-order valence-corrected chi connectivity index (χ0v) is 7.63. The molecule has 0 aliphatic carbocycles. The van der Waals surface area contributed by atoms with E-state index in [9.17, 15) is 0 Å². The van der Waals surface area contributed by atoms with Crippen LogP contribution in [0.3, 0.4) is 0 Å². The van der Waals surface area contributed by atoms with Crippen molar-refractivity contribution in [2.45, 2.75) is 34.2 Å². The first-order valence-electron chi connectivity index (χ1n) is 3.83. The molecular formula is C8H15N3. The van der Waals surface area contributed by atoms with E-state index in [0.717, 1.165) is 12.4 Å². The third-order valence-electron chi connectivity index (χ3n) is 1.45. The first-order chi connectivity index (χ1) is 4.99. The highest BCUT2D eigenvalue weighted by molar-refractivity contribution is 4.81. The minimum Gasteiger partial charge on any atom is -0.317 e. The van der Waals surface area contributed by atoms with Crippen molar-refractivity contribution in [3.8, 4) is 0 Å². The van der Waals surface area contributed by atoms with Crippen LogP contribution in [0.25, 0.3) is 0 Å². The second-order valence-electron chi connectivity index (χ2n) is 4.07. The number of rotatable bonds is 1. The van der Waals surface area contributed by atoms with Crippen LogP contribution in [-0.2, 0) is 6.54 Å². The number of aromatic nitrogens is 3. The molecule has 0 saturated heterocycles. The van der Waals surface area contributed by atoms with Gasteiger partial charge in [0.05, 0.1) is 0 Å². The zero-order chi connectivity index (χ0) is 8.48. The molecule has 0 saturated carbocycles. The van der Waals surface area contributed by atoms with Crippen molar-refractivity contribution in [2.24, 2.45) is 5.41 Å². The Balaban J connectivity index is 2.72. The Morgan fingerprint density at radius 3 is 2.45 bits per heavy atom. The molecule has 0 spiro atoms. The van der Waals surface area contributed by atoms with Crippen molar-refractivity contribution < 1.29 is 0 Å². The van der Waals surface area contributed by atoms with E-state index in [1.807, 2.05) is 6.92 Å². The van der Waals surface area contributed by atoms with Gasteiger partial charge in [0.15, 0.2) is 0 Å². The van der Waals surface area contributed by atoms with E-state index in [4.69, 9.17) is 0 Å². The lowest BCUT2D eigenvalue weighted by atomic mass is 9.97.